The summed E-state index contributed by atoms with van der Waals surface area (Å²) in [5.41, 5.74) is 0.456. The third-order valence-electron chi connectivity index (χ3n) is 2.88. The molecule has 0 saturated heterocycles. The zero-order valence-electron chi connectivity index (χ0n) is 12.1. The van der Waals surface area contributed by atoms with Gasteiger partial charge in [-0.25, -0.2) is 13.4 Å². The maximum atomic E-state index is 12.2. The summed E-state index contributed by atoms with van der Waals surface area (Å²) in [5, 5.41) is 0.243. The highest BCUT2D eigenvalue weighted by atomic mass is 35.5. The van der Waals surface area contributed by atoms with Crippen LogP contribution in [0.25, 0.3) is 0 Å². The van der Waals surface area contributed by atoms with Crippen molar-refractivity contribution in [1.82, 2.24) is 4.98 Å². The largest absolute Gasteiger partial charge is 0.494 e. The van der Waals surface area contributed by atoms with Crippen molar-refractivity contribution in [2.75, 3.05) is 11.3 Å². The molecule has 0 atom stereocenters. The number of anilines is 1. The van der Waals surface area contributed by atoms with Gasteiger partial charge < -0.3 is 4.74 Å². The molecule has 7 heteroatoms. The van der Waals surface area contributed by atoms with E-state index in [9.17, 15) is 8.42 Å². The number of hydrogen-bond donors (Lipinski definition) is 1. The molecule has 1 heterocycles. The number of sulfonamides is 1. The Hall–Kier alpha value is -1.79. The van der Waals surface area contributed by atoms with Gasteiger partial charge in [0.2, 0.25) is 0 Å². The number of nitrogens with one attached hydrogen (secondary N) is 1. The Balaban J connectivity index is 2.05. The first-order chi connectivity index (χ1) is 10.5. The Morgan fingerprint density at radius 1 is 1.18 bits per heavy atom. The number of benzene rings is 1. The molecule has 0 aliphatic carbocycles. The van der Waals surface area contributed by atoms with Crippen molar-refractivity contribution in [2.45, 2.75) is 24.7 Å². The second-order valence-corrected chi connectivity index (χ2v) is 6.72. The smallest absolute Gasteiger partial charge is 0.263 e. The molecule has 0 aliphatic rings. The number of halogens is 1. The van der Waals surface area contributed by atoms with Gasteiger partial charge in [0.05, 0.1) is 6.61 Å². The standard InChI is InChI=1S/C15H17ClN2O3S/c1-2-3-10-21-13-6-4-12(5-7-13)18-22(19,20)14-8-9-15(16)17-11-14/h4-9,11,18H,2-3,10H2,1H3. The molecule has 0 fully saturated rings. The Morgan fingerprint density at radius 3 is 2.50 bits per heavy atom. The van der Waals surface area contributed by atoms with Gasteiger partial charge >= 0.3 is 0 Å². The van der Waals surface area contributed by atoms with Crippen LogP contribution in [0.5, 0.6) is 5.75 Å². The molecular weight excluding hydrogens is 324 g/mol. The number of unbranched alkanes of at least 4 members (excludes halogenated alkanes) is 1. The lowest BCUT2D eigenvalue weighted by Crippen LogP contribution is -2.13. The van der Waals surface area contributed by atoms with Gasteiger partial charge in [0, 0.05) is 11.9 Å². The molecule has 5 nitrogen and oxygen atoms in total. The third kappa shape index (κ3) is 4.61. The second kappa shape index (κ2) is 7.47. The third-order valence-corrected chi connectivity index (χ3v) is 4.47. The molecule has 2 rings (SSSR count). The second-order valence-electron chi connectivity index (χ2n) is 4.65. The van der Waals surface area contributed by atoms with Crippen molar-refractivity contribution in [2.24, 2.45) is 0 Å². The van der Waals surface area contributed by atoms with Gasteiger partial charge in [-0.2, -0.15) is 0 Å². The Labute approximate surface area is 135 Å². The van der Waals surface area contributed by atoms with Crippen LogP contribution in [0, 0.1) is 0 Å². The minimum Gasteiger partial charge on any atom is -0.494 e. The summed E-state index contributed by atoms with van der Waals surface area (Å²) in [5.74, 6) is 0.713. The maximum Gasteiger partial charge on any atom is 0.263 e. The van der Waals surface area contributed by atoms with Crippen LogP contribution in [0.2, 0.25) is 5.15 Å². The van der Waals surface area contributed by atoms with Crippen LogP contribution in [0.1, 0.15) is 19.8 Å². The molecule has 118 valence electrons. The zero-order chi connectivity index (χ0) is 16.0. The van der Waals surface area contributed by atoms with E-state index < -0.39 is 10.0 Å². The summed E-state index contributed by atoms with van der Waals surface area (Å²) in [6, 6.07) is 9.60. The van der Waals surface area contributed by atoms with E-state index in [0.717, 1.165) is 12.8 Å². The van der Waals surface area contributed by atoms with Crippen LogP contribution in [-0.2, 0) is 10.0 Å². The van der Waals surface area contributed by atoms with Gasteiger partial charge in [0.1, 0.15) is 15.8 Å². The molecule has 1 aromatic heterocycles. The lowest BCUT2D eigenvalue weighted by Gasteiger charge is -2.09. The van der Waals surface area contributed by atoms with Crippen LogP contribution in [0.3, 0.4) is 0 Å². The van der Waals surface area contributed by atoms with E-state index >= 15 is 0 Å². The quantitative estimate of drug-likeness (QED) is 0.616. The number of hydrogen-bond acceptors (Lipinski definition) is 4. The first-order valence-electron chi connectivity index (χ1n) is 6.88. The van der Waals surface area contributed by atoms with E-state index in [1.165, 1.54) is 18.3 Å². The summed E-state index contributed by atoms with van der Waals surface area (Å²) in [4.78, 5) is 3.82. The van der Waals surface area contributed by atoms with E-state index in [4.69, 9.17) is 16.3 Å². The number of nitrogens with zero attached hydrogens (tertiary/aromatic N) is 1. The molecule has 0 bridgehead atoms. The maximum absolute atomic E-state index is 12.2. The molecule has 1 N–H and O–H groups in total. The van der Waals surface area contributed by atoms with E-state index in [2.05, 4.69) is 16.6 Å². The highest BCUT2D eigenvalue weighted by Crippen LogP contribution is 2.20. The number of rotatable bonds is 7. The van der Waals surface area contributed by atoms with Gasteiger partial charge in [0.25, 0.3) is 10.0 Å². The topological polar surface area (TPSA) is 68.3 Å². The predicted octanol–water partition coefficient (Wildman–Crippen LogP) is 3.71. The molecule has 0 unspecified atom stereocenters. The molecule has 0 saturated carbocycles. The molecule has 0 aliphatic heterocycles. The van der Waals surface area contributed by atoms with Gasteiger partial charge in [-0.05, 0) is 42.8 Å². The van der Waals surface area contributed by atoms with E-state index in [1.807, 2.05) is 0 Å². The number of pyridine rings is 1. The fourth-order valence-corrected chi connectivity index (χ4v) is 2.80. The van der Waals surface area contributed by atoms with Crippen molar-refractivity contribution in [3.8, 4) is 5.75 Å². The first kappa shape index (κ1) is 16.6. The molecule has 0 amide bonds. The Kier molecular flexibility index (Phi) is 5.63. The molecule has 22 heavy (non-hydrogen) atoms. The highest BCUT2D eigenvalue weighted by Gasteiger charge is 2.14. The molecule has 0 spiro atoms. The minimum absolute atomic E-state index is 0.0557. The van der Waals surface area contributed by atoms with Crippen molar-refractivity contribution in [1.29, 1.82) is 0 Å². The molecular formula is C15H17ClN2O3S. The zero-order valence-corrected chi connectivity index (χ0v) is 13.7. The van der Waals surface area contributed by atoms with Crippen molar-refractivity contribution in [3.63, 3.8) is 0 Å². The normalized spacial score (nSPS) is 11.2. The van der Waals surface area contributed by atoms with E-state index in [1.54, 1.807) is 24.3 Å². The van der Waals surface area contributed by atoms with Gasteiger partial charge in [-0.1, -0.05) is 24.9 Å². The SMILES string of the molecule is CCCCOc1ccc(NS(=O)(=O)c2ccc(Cl)nc2)cc1. The van der Waals surface area contributed by atoms with E-state index in [0.29, 0.717) is 18.0 Å². The number of aromatic nitrogens is 1. The van der Waals surface area contributed by atoms with Crippen molar-refractivity contribution < 1.29 is 13.2 Å². The Morgan fingerprint density at radius 2 is 1.91 bits per heavy atom. The lowest BCUT2D eigenvalue weighted by atomic mass is 10.3. The van der Waals surface area contributed by atoms with Crippen LogP contribution in [0.15, 0.2) is 47.5 Å². The highest BCUT2D eigenvalue weighted by molar-refractivity contribution is 7.92. The Bertz CT molecular complexity index is 701. The van der Waals surface area contributed by atoms with Crippen LogP contribution in [0.4, 0.5) is 5.69 Å². The summed E-state index contributed by atoms with van der Waals surface area (Å²) < 4.78 is 32.4. The lowest BCUT2D eigenvalue weighted by molar-refractivity contribution is 0.309. The van der Waals surface area contributed by atoms with Crippen LogP contribution < -0.4 is 9.46 Å². The van der Waals surface area contributed by atoms with Gasteiger partial charge in [-0.3, -0.25) is 4.72 Å². The molecule has 2 aromatic rings. The fourth-order valence-electron chi connectivity index (χ4n) is 1.69. The summed E-state index contributed by atoms with van der Waals surface area (Å²) >= 11 is 5.65. The van der Waals surface area contributed by atoms with E-state index in [-0.39, 0.29) is 10.0 Å². The van der Waals surface area contributed by atoms with Crippen molar-refractivity contribution in [3.05, 3.63) is 47.7 Å². The van der Waals surface area contributed by atoms with Crippen LogP contribution in [-0.4, -0.2) is 20.0 Å². The van der Waals surface area contributed by atoms with Gasteiger partial charge in [-0.15, -0.1) is 0 Å². The summed E-state index contributed by atoms with van der Waals surface area (Å²) in [6.07, 6.45) is 3.26. The van der Waals surface area contributed by atoms with Crippen molar-refractivity contribution >= 4 is 27.3 Å². The monoisotopic (exact) mass is 340 g/mol. The molecule has 0 radical (unpaired) electrons. The predicted molar refractivity (Wildman–Crippen MR) is 86.9 cm³/mol. The van der Waals surface area contributed by atoms with Crippen LogP contribution >= 0.6 is 11.6 Å². The van der Waals surface area contributed by atoms with Gasteiger partial charge in [0.15, 0.2) is 0 Å². The minimum atomic E-state index is -3.68. The summed E-state index contributed by atoms with van der Waals surface area (Å²) in [6.45, 7) is 2.74. The average Bonchev–Trinajstić information content (AvgIpc) is 2.49. The summed E-state index contributed by atoms with van der Waals surface area (Å²) in [7, 11) is -3.68. The molecule has 1 aromatic carbocycles. The average molecular weight is 341 g/mol. The number of ether oxygens (including phenoxy) is 1. The fraction of sp³-hybridized carbons (Fsp3) is 0.267. The first-order valence-corrected chi connectivity index (χ1v) is 8.74.